The van der Waals surface area contributed by atoms with E-state index in [1.54, 1.807) is 18.2 Å². The first-order valence-corrected chi connectivity index (χ1v) is 19.4. The Kier molecular flexibility index (Phi) is 10.8. The minimum Gasteiger partial charge on any atom is -0.493 e. The van der Waals surface area contributed by atoms with Gasteiger partial charge in [-0.2, -0.15) is 0 Å². The summed E-state index contributed by atoms with van der Waals surface area (Å²) in [4.78, 5) is 17.3. The zero-order valence-electron chi connectivity index (χ0n) is 29.4. The molecule has 1 aromatic heterocycles. The molecule has 1 heterocycles. The van der Waals surface area contributed by atoms with E-state index < -0.39 is 10.0 Å². The maximum Gasteiger partial charge on any atom is 0.232 e. The van der Waals surface area contributed by atoms with Crippen LogP contribution in [0, 0.1) is 0 Å². The van der Waals surface area contributed by atoms with Crippen LogP contribution in [0.3, 0.4) is 0 Å². The number of fused-ring (bicyclic) bond motifs is 3. The molecule has 2 N–H and O–H groups in total. The lowest BCUT2D eigenvalue weighted by atomic mass is 10.0. The Morgan fingerprint density at radius 3 is 2.11 bits per heavy atom. The van der Waals surface area contributed by atoms with E-state index in [4.69, 9.17) is 9.47 Å². The first kappa shape index (κ1) is 35.5. The first-order valence-electron chi connectivity index (χ1n) is 17.6. The number of benzene rings is 6. The number of nitrogens with one attached hydrogen (secondary N) is 2. The van der Waals surface area contributed by atoms with E-state index in [0.29, 0.717) is 30.0 Å². The minimum atomic E-state index is -3.77. The summed E-state index contributed by atoms with van der Waals surface area (Å²) in [6.45, 7) is 0.775. The van der Waals surface area contributed by atoms with Crippen LogP contribution >= 0.6 is 0 Å². The third-order valence-corrected chi connectivity index (χ3v) is 10.3. The number of ketones is 1. The highest BCUT2D eigenvalue weighted by Gasteiger charge is 2.24. The quantitative estimate of drug-likeness (QED) is 0.0967. The molecule has 1 atom stereocenters. The molecule has 1 unspecified atom stereocenters. The van der Waals surface area contributed by atoms with Gasteiger partial charge < -0.3 is 19.8 Å². The van der Waals surface area contributed by atoms with E-state index in [0.717, 1.165) is 45.1 Å². The van der Waals surface area contributed by atoms with Gasteiger partial charge in [-0.1, -0.05) is 109 Å². The molecule has 7 rings (SSSR count). The van der Waals surface area contributed by atoms with Crippen molar-refractivity contribution in [2.45, 2.75) is 25.6 Å². The number of ether oxygens (including phenoxy) is 2. The number of hydrogen-bond acceptors (Lipinski definition) is 6. The zero-order chi connectivity index (χ0) is 36.6. The van der Waals surface area contributed by atoms with Crippen LogP contribution in [0.5, 0.6) is 11.5 Å². The molecule has 8 nitrogen and oxygen atoms in total. The van der Waals surface area contributed by atoms with Crippen molar-refractivity contribution < 1.29 is 22.7 Å². The number of anilines is 1. The highest BCUT2D eigenvalue weighted by atomic mass is 32.2. The molecule has 0 amide bonds. The molecule has 0 saturated carbocycles. The lowest BCUT2D eigenvalue weighted by Gasteiger charge is -2.26. The smallest absolute Gasteiger partial charge is 0.232 e. The molecule has 268 valence electrons. The predicted octanol–water partition coefficient (Wildman–Crippen LogP) is 8.85. The predicted molar refractivity (Wildman–Crippen MR) is 212 cm³/mol. The molecule has 0 saturated heterocycles. The number of H-pyrrole nitrogens is 1. The average Bonchev–Trinajstić information content (AvgIpc) is 3.56. The summed E-state index contributed by atoms with van der Waals surface area (Å²) in [5, 5.41) is 5.77. The number of rotatable bonds is 16. The third kappa shape index (κ3) is 8.77. The van der Waals surface area contributed by atoms with Gasteiger partial charge in [-0.3, -0.25) is 9.10 Å². The second-order valence-corrected chi connectivity index (χ2v) is 14.9. The van der Waals surface area contributed by atoms with Crippen molar-refractivity contribution in [3.8, 4) is 11.5 Å². The first-order chi connectivity index (χ1) is 25.8. The third-order valence-electron chi connectivity index (χ3n) is 9.22. The van der Waals surface area contributed by atoms with Crippen molar-refractivity contribution >= 4 is 43.3 Å². The largest absolute Gasteiger partial charge is 0.493 e. The summed E-state index contributed by atoms with van der Waals surface area (Å²) >= 11 is 0. The topological polar surface area (TPSA) is 101 Å². The van der Waals surface area contributed by atoms with Crippen molar-refractivity contribution in [3.63, 3.8) is 0 Å². The average molecular weight is 724 g/mol. The molecular weight excluding hydrogens is 683 g/mol. The second-order valence-electron chi connectivity index (χ2n) is 13.0. The molecule has 0 fully saturated rings. The highest BCUT2D eigenvalue weighted by Crippen LogP contribution is 2.34. The van der Waals surface area contributed by atoms with Crippen LogP contribution in [0.1, 0.15) is 39.5 Å². The summed E-state index contributed by atoms with van der Waals surface area (Å²) < 4.78 is 40.3. The van der Waals surface area contributed by atoms with Gasteiger partial charge in [0.05, 0.1) is 37.2 Å². The zero-order valence-corrected chi connectivity index (χ0v) is 30.3. The number of nitrogens with zero attached hydrogens (tertiary/aromatic N) is 1. The number of aromatic amines is 1. The second kappa shape index (κ2) is 16.2. The van der Waals surface area contributed by atoms with Gasteiger partial charge in [-0.25, -0.2) is 8.42 Å². The van der Waals surface area contributed by atoms with Gasteiger partial charge in [-0.05, 0) is 53.1 Å². The van der Waals surface area contributed by atoms with E-state index >= 15 is 0 Å². The van der Waals surface area contributed by atoms with E-state index in [1.807, 2.05) is 115 Å². The van der Waals surface area contributed by atoms with E-state index in [1.165, 1.54) is 9.69 Å². The Labute approximate surface area is 310 Å². The summed E-state index contributed by atoms with van der Waals surface area (Å²) in [5.74, 6) is 0.949. The highest BCUT2D eigenvalue weighted by molar-refractivity contribution is 7.92. The summed E-state index contributed by atoms with van der Waals surface area (Å²) in [7, 11) is -3.77. The summed E-state index contributed by atoms with van der Waals surface area (Å²) in [6, 6.07) is 48.1. The van der Waals surface area contributed by atoms with Crippen LogP contribution in [-0.2, 0) is 23.2 Å². The maximum atomic E-state index is 13.8. The molecule has 0 aliphatic carbocycles. The van der Waals surface area contributed by atoms with Crippen molar-refractivity contribution in [1.29, 1.82) is 0 Å². The van der Waals surface area contributed by atoms with Crippen LogP contribution in [-0.4, -0.2) is 38.6 Å². The summed E-state index contributed by atoms with van der Waals surface area (Å²) in [6.07, 6.45) is 1.77. The Hall–Kier alpha value is -5.90. The standard InChI is InChI=1S/C44H41N3O5S/c1-53(49,50)47(30-32-13-5-2-6-14-32)42-27-35(21-24-44(42)52-31-33-15-7-3-8-16-33)43(48)29-45-39(34-17-9-4-10-18-34)25-26-51-36-22-23-38-37-19-11-12-20-40(37)46-41(38)28-36/h2-24,27-28,39,45-46H,25-26,29-31H2,1H3. The molecule has 53 heavy (non-hydrogen) atoms. The minimum absolute atomic E-state index is 0.0296. The van der Waals surface area contributed by atoms with Crippen molar-refractivity contribution in [2.75, 3.05) is 23.7 Å². The fraction of sp³-hybridized carbons (Fsp3) is 0.159. The van der Waals surface area contributed by atoms with Gasteiger partial charge in [0.2, 0.25) is 10.0 Å². The fourth-order valence-corrected chi connectivity index (χ4v) is 7.36. The molecule has 0 radical (unpaired) electrons. The number of aromatic nitrogens is 1. The monoisotopic (exact) mass is 723 g/mol. The Morgan fingerprint density at radius 1 is 0.717 bits per heavy atom. The molecule has 0 aliphatic heterocycles. The van der Waals surface area contributed by atoms with Gasteiger partial charge in [0.15, 0.2) is 5.78 Å². The summed E-state index contributed by atoms with van der Waals surface area (Å²) in [5.41, 5.74) is 5.55. The van der Waals surface area contributed by atoms with Crippen LogP contribution in [0.25, 0.3) is 21.8 Å². The number of carbonyl (C=O) groups is 1. The Morgan fingerprint density at radius 2 is 1.38 bits per heavy atom. The van der Waals surface area contributed by atoms with Crippen molar-refractivity contribution in [1.82, 2.24) is 10.3 Å². The Bertz CT molecular complexity index is 2420. The van der Waals surface area contributed by atoms with Crippen LogP contribution in [0.4, 0.5) is 5.69 Å². The van der Waals surface area contributed by atoms with Gasteiger partial charge in [-0.15, -0.1) is 0 Å². The number of carbonyl (C=O) groups excluding carboxylic acids is 1. The van der Waals surface area contributed by atoms with E-state index in [2.05, 4.69) is 28.5 Å². The van der Waals surface area contributed by atoms with Crippen LogP contribution < -0.4 is 19.1 Å². The van der Waals surface area contributed by atoms with Crippen molar-refractivity contribution in [3.05, 3.63) is 174 Å². The van der Waals surface area contributed by atoms with E-state index in [-0.39, 0.29) is 31.5 Å². The molecular formula is C44H41N3O5S. The van der Waals surface area contributed by atoms with Crippen molar-refractivity contribution in [2.24, 2.45) is 0 Å². The van der Waals surface area contributed by atoms with E-state index in [9.17, 15) is 13.2 Å². The van der Waals surface area contributed by atoms with Gasteiger partial charge in [0.25, 0.3) is 0 Å². The normalized spacial score (nSPS) is 12.1. The molecule has 0 bridgehead atoms. The Balaban J connectivity index is 1.09. The maximum absolute atomic E-state index is 13.8. The van der Waals surface area contributed by atoms with Gasteiger partial charge >= 0.3 is 0 Å². The molecule has 6 aromatic carbocycles. The lowest BCUT2D eigenvalue weighted by molar-refractivity contribution is 0.0985. The molecule has 0 spiro atoms. The molecule has 0 aliphatic rings. The lowest BCUT2D eigenvalue weighted by Crippen LogP contribution is -2.31. The number of hydrogen-bond donors (Lipinski definition) is 2. The molecule has 7 aromatic rings. The SMILES string of the molecule is CS(=O)(=O)N(Cc1ccccc1)c1cc(C(=O)CNC(CCOc2ccc3c(c2)[nH]c2ccccc23)c2ccccc2)ccc1OCc1ccccc1. The van der Waals surface area contributed by atoms with Gasteiger partial charge in [0.1, 0.15) is 18.1 Å². The van der Waals surface area contributed by atoms with Crippen LogP contribution in [0.15, 0.2) is 152 Å². The number of Topliss-reactive ketones (excluding diaryl/α,β-unsaturated/α-hetero) is 1. The fourth-order valence-electron chi connectivity index (χ4n) is 6.48. The van der Waals surface area contributed by atoms with Gasteiger partial charge in [0, 0.05) is 40.4 Å². The number of para-hydroxylation sites is 1. The number of sulfonamides is 1. The van der Waals surface area contributed by atoms with Crippen LogP contribution in [0.2, 0.25) is 0 Å². The molecule has 9 heteroatoms.